The van der Waals surface area contributed by atoms with Gasteiger partial charge < -0.3 is 10.1 Å². The number of tetrazole rings is 1. The minimum atomic E-state index is -4.89. The average molecular weight is 542 g/mol. The van der Waals surface area contributed by atoms with Crippen LogP contribution in [0.3, 0.4) is 0 Å². The minimum Gasteiger partial charge on any atom is -0.406 e. The topological polar surface area (TPSA) is 168 Å². The summed E-state index contributed by atoms with van der Waals surface area (Å²) >= 11 is 0. The van der Waals surface area contributed by atoms with E-state index in [9.17, 15) is 32.9 Å². The maximum absolute atomic E-state index is 13.2. The molecule has 0 aliphatic heterocycles. The van der Waals surface area contributed by atoms with Crippen molar-refractivity contribution in [2.45, 2.75) is 12.9 Å². The van der Waals surface area contributed by atoms with Crippen molar-refractivity contribution in [3.63, 3.8) is 0 Å². The first-order valence-corrected chi connectivity index (χ1v) is 10.9. The number of nitro groups is 1. The first kappa shape index (κ1) is 26.5. The maximum atomic E-state index is 13.2. The Kier molecular flexibility index (Phi) is 7.64. The monoisotopic (exact) mass is 542 g/mol. The van der Waals surface area contributed by atoms with Crippen LogP contribution in [-0.4, -0.2) is 43.8 Å². The molecule has 0 aliphatic rings. The van der Waals surface area contributed by atoms with E-state index in [-0.39, 0.29) is 35.1 Å². The van der Waals surface area contributed by atoms with Crippen molar-refractivity contribution in [2.75, 3.05) is 15.5 Å². The molecule has 0 saturated heterocycles. The summed E-state index contributed by atoms with van der Waals surface area (Å²) in [6.45, 7) is -0.0764. The number of H-pyrrole nitrogens is 1. The molecule has 0 aliphatic carbocycles. The van der Waals surface area contributed by atoms with E-state index in [1.54, 1.807) is 12.1 Å². The molecule has 4 aromatic rings. The van der Waals surface area contributed by atoms with Gasteiger partial charge in [-0.25, -0.2) is 4.79 Å². The van der Waals surface area contributed by atoms with Gasteiger partial charge in [-0.05, 0) is 53.2 Å². The molecule has 0 unspecified atom stereocenters. The van der Waals surface area contributed by atoms with Crippen LogP contribution in [0, 0.1) is 10.1 Å². The normalized spacial score (nSPS) is 10.9. The van der Waals surface area contributed by atoms with Gasteiger partial charge in [-0.1, -0.05) is 23.3 Å². The lowest BCUT2D eigenvalue weighted by Crippen LogP contribution is -2.34. The maximum Gasteiger partial charge on any atom is 0.573 e. The highest BCUT2D eigenvalue weighted by molar-refractivity contribution is 6.03. The molecule has 0 radical (unpaired) electrons. The highest BCUT2D eigenvalue weighted by Gasteiger charge is 2.31. The fourth-order valence-corrected chi connectivity index (χ4v) is 3.33. The first-order chi connectivity index (χ1) is 18.6. The Hall–Kier alpha value is -5.54. The third-order valence-corrected chi connectivity index (χ3v) is 5.06. The number of hydrogen-bond acceptors (Lipinski definition) is 8. The summed E-state index contributed by atoms with van der Waals surface area (Å²) in [5, 5.41) is 28.9. The molecule has 1 aromatic heterocycles. The van der Waals surface area contributed by atoms with E-state index < -0.39 is 29.0 Å². The molecule has 0 saturated carbocycles. The number of aromatic nitrogens is 4. The Labute approximate surface area is 216 Å². The Morgan fingerprint density at radius 2 is 1.74 bits per heavy atom. The zero-order valence-electron chi connectivity index (χ0n) is 19.5. The van der Waals surface area contributed by atoms with Crippen molar-refractivity contribution in [3.05, 3.63) is 94.0 Å². The number of nitrogens with zero attached hydrogens (tertiary/aromatic N) is 5. The van der Waals surface area contributed by atoms with Crippen LogP contribution >= 0.6 is 0 Å². The Balaban J connectivity index is 1.56. The predicted octanol–water partition coefficient (Wildman–Crippen LogP) is 4.50. The average Bonchev–Trinajstić information content (AvgIpc) is 3.40. The van der Waals surface area contributed by atoms with E-state index in [1.807, 2.05) is 0 Å². The molecular weight excluding hydrogens is 525 g/mol. The van der Waals surface area contributed by atoms with Gasteiger partial charge >= 0.3 is 12.4 Å². The van der Waals surface area contributed by atoms with Crippen molar-refractivity contribution in [1.82, 2.24) is 20.6 Å². The third kappa shape index (κ3) is 7.25. The van der Waals surface area contributed by atoms with Gasteiger partial charge in [0.05, 0.1) is 11.5 Å². The molecular formula is C23H17F3N8O5. The molecule has 0 atom stereocenters. The molecule has 39 heavy (non-hydrogen) atoms. The van der Waals surface area contributed by atoms with Gasteiger partial charge in [0.15, 0.2) is 0 Å². The van der Waals surface area contributed by atoms with Gasteiger partial charge in [-0.15, -0.1) is 18.3 Å². The van der Waals surface area contributed by atoms with Gasteiger partial charge in [0.2, 0.25) is 0 Å². The van der Waals surface area contributed by atoms with Gasteiger partial charge in [-0.2, -0.15) is 5.21 Å². The van der Waals surface area contributed by atoms with E-state index in [0.29, 0.717) is 5.56 Å². The largest absolute Gasteiger partial charge is 0.573 e. The summed E-state index contributed by atoms with van der Waals surface area (Å²) in [6, 6.07) is 15.2. The Morgan fingerprint density at radius 3 is 2.36 bits per heavy atom. The van der Waals surface area contributed by atoms with Crippen molar-refractivity contribution in [1.29, 1.82) is 0 Å². The number of alkyl halides is 3. The van der Waals surface area contributed by atoms with E-state index in [1.165, 1.54) is 47.4 Å². The number of amides is 3. The molecule has 3 N–H and O–H groups in total. The smallest absolute Gasteiger partial charge is 0.406 e. The van der Waals surface area contributed by atoms with Crippen LogP contribution in [0.25, 0.3) is 0 Å². The molecule has 3 aromatic carbocycles. The van der Waals surface area contributed by atoms with Crippen LogP contribution < -0.4 is 20.3 Å². The number of hydrogen-bond donors (Lipinski definition) is 3. The summed E-state index contributed by atoms with van der Waals surface area (Å²) in [5.41, 5.74) is 0.888. The number of non-ortho nitro benzene ring substituents is 1. The lowest BCUT2D eigenvalue weighted by molar-refractivity contribution is -0.384. The van der Waals surface area contributed by atoms with Crippen LogP contribution in [0.2, 0.25) is 0 Å². The number of urea groups is 1. The molecule has 13 nitrogen and oxygen atoms in total. The van der Waals surface area contributed by atoms with Crippen molar-refractivity contribution in [3.8, 4) is 5.75 Å². The number of benzene rings is 3. The first-order valence-electron chi connectivity index (χ1n) is 10.9. The lowest BCUT2D eigenvalue weighted by Gasteiger charge is -2.24. The van der Waals surface area contributed by atoms with Crippen molar-refractivity contribution >= 4 is 34.9 Å². The fraction of sp³-hybridized carbons (Fsp3) is 0.0870. The Morgan fingerprint density at radius 1 is 1.03 bits per heavy atom. The number of carbonyl (C=O) groups is 2. The number of ether oxygens (including phenoxy) is 1. The summed E-state index contributed by atoms with van der Waals surface area (Å²) < 4.78 is 41.6. The molecule has 3 amide bonds. The highest BCUT2D eigenvalue weighted by atomic mass is 19.4. The molecule has 0 fully saturated rings. The van der Waals surface area contributed by atoms with Crippen LogP contribution in [-0.2, 0) is 6.54 Å². The summed E-state index contributed by atoms with van der Waals surface area (Å²) in [6.07, 6.45) is -4.89. The molecule has 200 valence electrons. The summed E-state index contributed by atoms with van der Waals surface area (Å²) in [4.78, 5) is 37.2. The molecule has 0 bridgehead atoms. The molecule has 1 heterocycles. The van der Waals surface area contributed by atoms with Crippen LogP contribution in [0.5, 0.6) is 5.75 Å². The number of carbonyl (C=O) groups excluding carboxylic acids is 2. The zero-order valence-corrected chi connectivity index (χ0v) is 19.5. The van der Waals surface area contributed by atoms with Crippen LogP contribution in [0.15, 0.2) is 72.8 Å². The number of halogens is 3. The standard InChI is InChI=1S/C23H17F3N8O5/c24-23(25,26)39-19-10-8-17(9-11-19)33(22(36)27-16-2-1-3-18(12-16)34(37)38)13-14-4-6-15(7-5-14)20(35)28-21-29-31-32-30-21/h1-12H,13H2,(H,27,36)(H2,28,29,30,31,32,35). The molecule has 16 heteroatoms. The SMILES string of the molecule is O=C(Nc1nn[nH]n1)c1ccc(CN(C(=O)Nc2cccc([N+](=O)[O-])c2)c2ccc(OC(F)(F)F)cc2)cc1. The van der Waals surface area contributed by atoms with Crippen LogP contribution in [0.4, 0.5) is 41.0 Å². The quantitative estimate of drug-likeness (QED) is 0.216. The van der Waals surface area contributed by atoms with Gasteiger partial charge in [0.1, 0.15) is 5.75 Å². The second-order valence-electron chi connectivity index (χ2n) is 7.75. The number of nitrogens with one attached hydrogen (secondary N) is 3. The zero-order chi connectivity index (χ0) is 28.0. The van der Waals surface area contributed by atoms with E-state index >= 15 is 0 Å². The predicted molar refractivity (Wildman–Crippen MR) is 130 cm³/mol. The Bertz CT molecular complexity index is 1460. The van der Waals surface area contributed by atoms with E-state index in [4.69, 9.17) is 0 Å². The van der Waals surface area contributed by atoms with Gasteiger partial charge in [-0.3, -0.25) is 25.1 Å². The number of rotatable bonds is 8. The second-order valence-corrected chi connectivity index (χ2v) is 7.75. The minimum absolute atomic E-state index is 0.0222. The van der Waals surface area contributed by atoms with E-state index in [0.717, 1.165) is 18.2 Å². The fourth-order valence-electron chi connectivity index (χ4n) is 3.33. The highest BCUT2D eigenvalue weighted by Crippen LogP contribution is 2.27. The molecule has 4 rings (SSSR count). The number of nitro benzene ring substituents is 1. The summed E-state index contributed by atoms with van der Waals surface area (Å²) in [5.74, 6) is -1.02. The number of anilines is 3. The summed E-state index contributed by atoms with van der Waals surface area (Å²) in [7, 11) is 0. The third-order valence-electron chi connectivity index (χ3n) is 5.06. The van der Waals surface area contributed by atoms with Crippen molar-refractivity contribution in [2.24, 2.45) is 0 Å². The second kappa shape index (κ2) is 11.2. The van der Waals surface area contributed by atoms with E-state index in [2.05, 4.69) is 36.0 Å². The van der Waals surface area contributed by atoms with Gasteiger partial charge in [0.25, 0.3) is 17.5 Å². The molecule has 0 spiro atoms. The number of aromatic amines is 1. The van der Waals surface area contributed by atoms with Crippen LogP contribution in [0.1, 0.15) is 15.9 Å². The van der Waals surface area contributed by atoms with Gasteiger partial charge in [0, 0.05) is 29.1 Å². The lowest BCUT2D eigenvalue weighted by atomic mass is 10.1. The van der Waals surface area contributed by atoms with Crippen molar-refractivity contribution < 1.29 is 32.4 Å².